The molecule has 2 heterocycles. The van der Waals surface area contributed by atoms with E-state index in [1.807, 2.05) is 47.4 Å². The second kappa shape index (κ2) is 6.05. The average molecular weight is 339 g/mol. The van der Waals surface area contributed by atoms with Crippen LogP contribution in [0.1, 0.15) is 5.56 Å². The van der Waals surface area contributed by atoms with Crippen molar-refractivity contribution in [2.75, 3.05) is 11.6 Å². The minimum atomic E-state index is -0.297. The fourth-order valence-electron chi connectivity index (χ4n) is 2.65. The number of anilines is 1. The summed E-state index contributed by atoms with van der Waals surface area (Å²) in [5.41, 5.74) is 1.63. The summed E-state index contributed by atoms with van der Waals surface area (Å²) in [4.78, 5) is 19.7. The van der Waals surface area contributed by atoms with Crippen LogP contribution in [0.4, 0.5) is 10.1 Å². The van der Waals surface area contributed by atoms with Crippen LogP contribution in [0.25, 0.3) is 6.08 Å². The largest absolute Gasteiger partial charge is 0.333 e. The molecule has 0 amide bonds. The summed E-state index contributed by atoms with van der Waals surface area (Å²) in [7, 11) is 0. The summed E-state index contributed by atoms with van der Waals surface area (Å²) >= 11 is 1.38. The summed E-state index contributed by atoms with van der Waals surface area (Å²) in [5.74, 6) is -0.297. The molecule has 0 unspecified atom stereocenters. The summed E-state index contributed by atoms with van der Waals surface area (Å²) in [6.07, 6.45) is 1.88. The van der Waals surface area contributed by atoms with E-state index in [0.717, 1.165) is 11.3 Å². The van der Waals surface area contributed by atoms with Gasteiger partial charge in [-0.2, -0.15) is 0 Å². The molecule has 1 aromatic heterocycles. The molecular formula is C18H14FN3OS. The molecule has 24 heavy (non-hydrogen) atoms. The van der Waals surface area contributed by atoms with Crippen LogP contribution in [-0.4, -0.2) is 11.2 Å². The van der Waals surface area contributed by atoms with Crippen molar-refractivity contribution >= 4 is 23.1 Å². The second-order valence-electron chi connectivity index (χ2n) is 5.50. The van der Waals surface area contributed by atoms with Gasteiger partial charge in [-0.3, -0.25) is 9.36 Å². The Morgan fingerprint density at radius 2 is 1.96 bits per heavy atom. The van der Waals surface area contributed by atoms with Gasteiger partial charge in [-0.05, 0) is 29.8 Å². The predicted molar refractivity (Wildman–Crippen MR) is 93.1 cm³/mol. The van der Waals surface area contributed by atoms with E-state index in [9.17, 15) is 9.18 Å². The van der Waals surface area contributed by atoms with Crippen LogP contribution in [0.3, 0.4) is 0 Å². The number of halogens is 1. The molecule has 120 valence electrons. The zero-order chi connectivity index (χ0) is 16.5. The highest BCUT2D eigenvalue weighted by Gasteiger charge is 2.16. The molecule has 2 aromatic carbocycles. The third-order valence-electron chi connectivity index (χ3n) is 3.85. The SMILES string of the molecule is O=c1c(=Cc2ccccc2)sc2n1CN(c1cccc(F)c1)CN=2. The zero-order valence-electron chi connectivity index (χ0n) is 12.7. The van der Waals surface area contributed by atoms with E-state index in [1.165, 1.54) is 23.5 Å². The lowest BCUT2D eigenvalue weighted by molar-refractivity contribution is 0.565. The lowest BCUT2D eigenvalue weighted by Gasteiger charge is -2.25. The molecule has 0 saturated carbocycles. The van der Waals surface area contributed by atoms with Crippen molar-refractivity contribution in [3.63, 3.8) is 0 Å². The number of hydrogen-bond donors (Lipinski definition) is 0. The smallest absolute Gasteiger partial charge is 0.271 e. The van der Waals surface area contributed by atoms with Crippen molar-refractivity contribution in [3.05, 3.63) is 85.7 Å². The van der Waals surface area contributed by atoms with Gasteiger partial charge in [0.1, 0.15) is 19.2 Å². The number of rotatable bonds is 2. The predicted octanol–water partition coefficient (Wildman–Crippen LogP) is 1.93. The molecule has 0 fully saturated rings. The Balaban J connectivity index is 1.73. The molecule has 0 saturated heterocycles. The number of nitrogens with zero attached hydrogens (tertiary/aromatic N) is 3. The van der Waals surface area contributed by atoms with E-state index in [1.54, 1.807) is 10.6 Å². The highest BCUT2D eigenvalue weighted by molar-refractivity contribution is 7.07. The Kier molecular flexibility index (Phi) is 3.74. The molecule has 0 radical (unpaired) electrons. The molecule has 4 nitrogen and oxygen atoms in total. The minimum Gasteiger partial charge on any atom is -0.333 e. The van der Waals surface area contributed by atoms with E-state index in [4.69, 9.17) is 0 Å². The Hall–Kier alpha value is -2.73. The third kappa shape index (κ3) is 2.76. The van der Waals surface area contributed by atoms with Gasteiger partial charge in [-0.25, -0.2) is 9.38 Å². The average Bonchev–Trinajstić information content (AvgIpc) is 2.91. The fourth-order valence-corrected chi connectivity index (χ4v) is 3.61. The summed E-state index contributed by atoms with van der Waals surface area (Å²) in [5, 5.41) is 0. The van der Waals surface area contributed by atoms with Crippen LogP contribution < -0.4 is 19.8 Å². The van der Waals surface area contributed by atoms with Crippen LogP contribution in [0.15, 0.2) is 64.4 Å². The van der Waals surface area contributed by atoms with Gasteiger partial charge < -0.3 is 4.90 Å². The fraction of sp³-hybridized carbons (Fsp3) is 0.111. The van der Waals surface area contributed by atoms with E-state index < -0.39 is 0 Å². The van der Waals surface area contributed by atoms with E-state index in [0.29, 0.717) is 22.7 Å². The van der Waals surface area contributed by atoms with Gasteiger partial charge in [0, 0.05) is 5.69 Å². The van der Waals surface area contributed by atoms with Crippen molar-refractivity contribution in [3.8, 4) is 0 Å². The van der Waals surface area contributed by atoms with Crippen LogP contribution in [0, 0.1) is 5.82 Å². The monoisotopic (exact) mass is 339 g/mol. The summed E-state index contributed by atoms with van der Waals surface area (Å²) in [6, 6.07) is 16.1. The van der Waals surface area contributed by atoms with E-state index in [-0.39, 0.29) is 11.4 Å². The number of aromatic nitrogens is 1. The van der Waals surface area contributed by atoms with Crippen molar-refractivity contribution in [1.82, 2.24) is 4.57 Å². The topological polar surface area (TPSA) is 37.6 Å². The first-order valence-electron chi connectivity index (χ1n) is 7.52. The highest BCUT2D eigenvalue weighted by atomic mass is 32.1. The van der Waals surface area contributed by atoms with Crippen LogP contribution in [0.2, 0.25) is 0 Å². The molecule has 0 aliphatic carbocycles. The molecule has 1 aliphatic rings. The first kappa shape index (κ1) is 14.8. The van der Waals surface area contributed by atoms with Crippen LogP contribution >= 0.6 is 11.3 Å². The summed E-state index contributed by atoms with van der Waals surface area (Å²) in [6.45, 7) is 0.786. The van der Waals surface area contributed by atoms with Crippen molar-refractivity contribution < 1.29 is 4.39 Å². The van der Waals surface area contributed by atoms with E-state index >= 15 is 0 Å². The Labute approximate surface area is 141 Å². The third-order valence-corrected chi connectivity index (χ3v) is 4.89. The zero-order valence-corrected chi connectivity index (χ0v) is 13.5. The van der Waals surface area contributed by atoms with E-state index in [2.05, 4.69) is 4.99 Å². The second-order valence-corrected chi connectivity index (χ2v) is 6.51. The molecule has 0 bridgehead atoms. The maximum Gasteiger partial charge on any atom is 0.271 e. The maximum absolute atomic E-state index is 13.4. The molecular weight excluding hydrogens is 325 g/mol. The van der Waals surface area contributed by atoms with Gasteiger partial charge in [0.15, 0.2) is 4.80 Å². The van der Waals surface area contributed by atoms with Gasteiger partial charge in [-0.15, -0.1) is 0 Å². The van der Waals surface area contributed by atoms with Gasteiger partial charge >= 0.3 is 0 Å². The molecule has 4 rings (SSSR count). The summed E-state index contributed by atoms with van der Waals surface area (Å²) < 4.78 is 15.7. The van der Waals surface area contributed by atoms with Gasteiger partial charge in [-0.1, -0.05) is 47.7 Å². The number of benzene rings is 2. The van der Waals surface area contributed by atoms with Crippen LogP contribution in [0.5, 0.6) is 0 Å². The van der Waals surface area contributed by atoms with Gasteiger partial charge in [0.2, 0.25) is 0 Å². The first-order chi connectivity index (χ1) is 11.7. The molecule has 6 heteroatoms. The maximum atomic E-state index is 13.4. The lowest BCUT2D eigenvalue weighted by atomic mass is 10.2. The number of fused-ring (bicyclic) bond motifs is 1. The van der Waals surface area contributed by atoms with Gasteiger partial charge in [0.25, 0.3) is 5.56 Å². The van der Waals surface area contributed by atoms with Crippen molar-refractivity contribution in [2.24, 2.45) is 4.99 Å². The quantitative estimate of drug-likeness (QED) is 0.715. The Morgan fingerprint density at radius 1 is 1.12 bits per heavy atom. The first-order valence-corrected chi connectivity index (χ1v) is 8.34. The molecule has 0 atom stereocenters. The Morgan fingerprint density at radius 3 is 2.75 bits per heavy atom. The molecule has 3 aromatic rings. The number of hydrogen-bond acceptors (Lipinski definition) is 4. The lowest BCUT2D eigenvalue weighted by Crippen LogP contribution is -2.42. The van der Waals surface area contributed by atoms with Crippen LogP contribution in [-0.2, 0) is 6.67 Å². The van der Waals surface area contributed by atoms with Gasteiger partial charge in [0.05, 0.1) is 4.53 Å². The number of thiazole rings is 1. The normalized spacial score (nSPS) is 14.4. The Bertz CT molecular complexity index is 1060. The minimum absolute atomic E-state index is 0.0660. The molecule has 0 N–H and O–H groups in total. The van der Waals surface area contributed by atoms with Crippen molar-refractivity contribution in [2.45, 2.75) is 6.67 Å². The highest BCUT2D eigenvalue weighted by Crippen LogP contribution is 2.16. The molecule has 0 spiro atoms. The molecule has 1 aliphatic heterocycles. The standard InChI is InChI=1S/C18H14FN3OS/c19-14-7-4-8-15(10-14)21-11-20-18-22(12-21)17(23)16(24-18)9-13-5-2-1-3-6-13/h1-10H,11-12H2. The van der Waals surface area contributed by atoms with Crippen molar-refractivity contribution in [1.29, 1.82) is 0 Å².